The summed E-state index contributed by atoms with van der Waals surface area (Å²) in [4.78, 5) is 15.6. The van der Waals surface area contributed by atoms with E-state index in [2.05, 4.69) is 52.3 Å². The van der Waals surface area contributed by atoms with Crippen LogP contribution in [0.3, 0.4) is 0 Å². The minimum Gasteiger partial charge on any atom is -0.325 e. The van der Waals surface area contributed by atoms with Crippen LogP contribution in [-0.4, -0.2) is 23.0 Å². The molecule has 1 heterocycles. The fourth-order valence-electron chi connectivity index (χ4n) is 1.22. The molecule has 0 spiro atoms. The molecule has 0 saturated heterocycles. The number of aromatic nitrogens is 1. The predicted molar refractivity (Wildman–Crippen MR) is 72.9 cm³/mol. The second-order valence-corrected chi connectivity index (χ2v) is 5.66. The molecule has 4 nitrogen and oxygen atoms in total. The fraction of sp³-hybridized carbons (Fsp3) is 0.500. The summed E-state index contributed by atoms with van der Waals surface area (Å²) in [6.07, 6.45) is 2.08. The SMILES string of the molecule is CC(C)(C)NCCC(=O)Nc1ccc(Br)nc1. The van der Waals surface area contributed by atoms with Crippen LogP contribution < -0.4 is 10.6 Å². The molecule has 0 fully saturated rings. The molecule has 2 N–H and O–H groups in total. The number of hydrogen-bond donors (Lipinski definition) is 2. The van der Waals surface area contributed by atoms with E-state index in [0.29, 0.717) is 18.7 Å². The quantitative estimate of drug-likeness (QED) is 0.840. The first-order valence-corrected chi connectivity index (χ1v) is 6.32. The van der Waals surface area contributed by atoms with E-state index in [0.717, 1.165) is 4.60 Å². The number of halogens is 1. The third-order valence-electron chi connectivity index (χ3n) is 2.02. The standard InChI is InChI=1S/C12H18BrN3O/c1-12(2,3)15-7-6-11(17)16-9-4-5-10(13)14-8-9/h4-5,8,15H,6-7H2,1-3H3,(H,16,17). The van der Waals surface area contributed by atoms with Crippen molar-refractivity contribution in [2.75, 3.05) is 11.9 Å². The van der Waals surface area contributed by atoms with Crippen molar-refractivity contribution in [3.05, 3.63) is 22.9 Å². The van der Waals surface area contributed by atoms with E-state index in [1.54, 1.807) is 12.3 Å². The van der Waals surface area contributed by atoms with Gasteiger partial charge in [0, 0.05) is 18.5 Å². The molecule has 0 aliphatic heterocycles. The van der Waals surface area contributed by atoms with E-state index in [4.69, 9.17) is 0 Å². The number of amides is 1. The number of hydrogen-bond acceptors (Lipinski definition) is 3. The van der Waals surface area contributed by atoms with Crippen LogP contribution in [0.5, 0.6) is 0 Å². The third kappa shape index (κ3) is 6.38. The van der Waals surface area contributed by atoms with Gasteiger partial charge in [-0.2, -0.15) is 0 Å². The summed E-state index contributed by atoms with van der Waals surface area (Å²) in [5, 5.41) is 6.06. The van der Waals surface area contributed by atoms with E-state index in [-0.39, 0.29) is 11.4 Å². The first kappa shape index (κ1) is 14.1. The summed E-state index contributed by atoms with van der Waals surface area (Å²) < 4.78 is 0.755. The topological polar surface area (TPSA) is 54.0 Å². The highest BCUT2D eigenvalue weighted by Gasteiger charge is 2.09. The first-order chi connectivity index (χ1) is 7.87. The molecule has 0 radical (unpaired) electrons. The highest BCUT2D eigenvalue weighted by atomic mass is 79.9. The highest BCUT2D eigenvalue weighted by molar-refractivity contribution is 9.10. The maximum atomic E-state index is 11.6. The van der Waals surface area contributed by atoms with Crippen molar-refractivity contribution in [3.63, 3.8) is 0 Å². The minimum absolute atomic E-state index is 0.00845. The van der Waals surface area contributed by atoms with E-state index in [1.807, 2.05) is 6.07 Å². The van der Waals surface area contributed by atoms with Gasteiger partial charge in [0.25, 0.3) is 0 Å². The Morgan fingerprint density at radius 2 is 2.12 bits per heavy atom. The molecule has 17 heavy (non-hydrogen) atoms. The number of anilines is 1. The normalized spacial score (nSPS) is 11.3. The van der Waals surface area contributed by atoms with Gasteiger partial charge >= 0.3 is 0 Å². The zero-order valence-corrected chi connectivity index (χ0v) is 12.0. The highest BCUT2D eigenvalue weighted by Crippen LogP contribution is 2.10. The summed E-state index contributed by atoms with van der Waals surface area (Å²) >= 11 is 3.24. The molecule has 0 aliphatic rings. The maximum Gasteiger partial charge on any atom is 0.225 e. The fourth-order valence-corrected chi connectivity index (χ4v) is 1.46. The average Bonchev–Trinajstić information content (AvgIpc) is 2.19. The van der Waals surface area contributed by atoms with Gasteiger partial charge in [-0.15, -0.1) is 0 Å². The van der Waals surface area contributed by atoms with Crippen LogP contribution in [0.2, 0.25) is 0 Å². The largest absolute Gasteiger partial charge is 0.325 e. The third-order valence-corrected chi connectivity index (χ3v) is 2.49. The van der Waals surface area contributed by atoms with Crippen molar-refractivity contribution in [1.82, 2.24) is 10.3 Å². The Labute approximate surface area is 110 Å². The van der Waals surface area contributed by atoms with Crippen molar-refractivity contribution in [1.29, 1.82) is 0 Å². The molecule has 1 rings (SSSR count). The molecule has 94 valence electrons. The van der Waals surface area contributed by atoms with Crippen LogP contribution >= 0.6 is 15.9 Å². The smallest absolute Gasteiger partial charge is 0.225 e. The Hall–Kier alpha value is -0.940. The van der Waals surface area contributed by atoms with Crippen LogP contribution in [0.15, 0.2) is 22.9 Å². The summed E-state index contributed by atoms with van der Waals surface area (Å²) in [5.74, 6) is -0.00845. The minimum atomic E-state index is -0.00845. The number of carbonyl (C=O) groups is 1. The average molecular weight is 300 g/mol. The van der Waals surface area contributed by atoms with Crippen LogP contribution in [0, 0.1) is 0 Å². The van der Waals surface area contributed by atoms with E-state index < -0.39 is 0 Å². The lowest BCUT2D eigenvalue weighted by Crippen LogP contribution is -2.37. The zero-order valence-electron chi connectivity index (χ0n) is 10.4. The zero-order chi connectivity index (χ0) is 12.9. The van der Waals surface area contributed by atoms with Gasteiger partial charge in [-0.05, 0) is 48.8 Å². The first-order valence-electron chi connectivity index (χ1n) is 5.53. The van der Waals surface area contributed by atoms with Crippen LogP contribution in [0.25, 0.3) is 0 Å². The van der Waals surface area contributed by atoms with Crippen LogP contribution in [0.4, 0.5) is 5.69 Å². The Kier molecular flexibility index (Phi) is 5.08. The molecule has 0 saturated carbocycles. The molecule has 0 unspecified atom stereocenters. The second-order valence-electron chi connectivity index (χ2n) is 4.84. The van der Waals surface area contributed by atoms with Gasteiger partial charge < -0.3 is 10.6 Å². The number of nitrogens with zero attached hydrogens (tertiary/aromatic N) is 1. The predicted octanol–water partition coefficient (Wildman–Crippen LogP) is 2.56. The van der Waals surface area contributed by atoms with Gasteiger partial charge in [0.2, 0.25) is 5.91 Å². The molecule has 0 aromatic carbocycles. The summed E-state index contributed by atoms with van der Waals surface area (Å²) in [7, 11) is 0. The van der Waals surface area contributed by atoms with Crippen molar-refractivity contribution < 1.29 is 4.79 Å². The molecule has 5 heteroatoms. The van der Waals surface area contributed by atoms with Gasteiger partial charge in [0.15, 0.2) is 0 Å². The number of pyridine rings is 1. The molecule has 0 bridgehead atoms. The second kappa shape index (κ2) is 6.12. The number of nitrogens with one attached hydrogen (secondary N) is 2. The van der Waals surface area contributed by atoms with Crippen LogP contribution in [0.1, 0.15) is 27.2 Å². The van der Waals surface area contributed by atoms with Gasteiger partial charge in [0.1, 0.15) is 4.60 Å². The summed E-state index contributed by atoms with van der Waals surface area (Å²) in [6.45, 7) is 6.88. The molecular weight excluding hydrogens is 282 g/mol. The number of carbonyl (C=O) groups excluding carboxylic acids is 1. The van der Waals surface area contributed by atoms with E-state index >= 15 is 0 Å². The van der Waals surface area contributed by atoms with Crippen molar-refractivity contribution in [2.45, 2.75) is 32.7 Å². The van der Waals surface area contributed by atoms with E-state index in [9.17, 15) is 4.79 Å². The monoisotopic (exact) mass is 299 g/mol. The Morgan fingerprint density at radius 3 is 2.65 bits per heavy atom. The summed E-state index contributed by atoms with van der Waals surface area (Å²) in [6, 6.07) is 3.61. The van der Waals surface area contributed by atoms with Gasteiger partial charge in [-0.1, -0.05) is 0 Å². The lowest BCUT2D eigenvalue weighted by molar-refractivity contribution is -0.116. The lowest BCUT2D eigenvalue weighted by Gasteiger charge is -2.20. The lowest BCUT2D eigenvalue weighted by atomic mass is 10.1. The van der Waals surface area contributed by atoms with Gasteiger partial charge in [0.05, 0.1) is 11.9 Å². The molecule has 1 aromatic rings. The molecule has 1 aromatic heterocycles. The van der Waals surface area contributed by atoms with Crippen molar-refractivity contribution in [2.24, 2.45) is 0 Å². The Balaban J connectivity index is 2.32. The molecular formula is C12H18BrN3O. The van der Waals surface area contributed by atoms with Crippen molar-refractivity contribution >= 4 is 27.5 Å². The van der Waals surface area contributed by atoms with Gasteiger partial charge in [-0.25, -0.2) is 4.98 Å². The van der Waals surface area contributed by atoms with Gasteiger partial charge in [-0.3, -0.25) is 4.79 Å². The Morgan fingerprint density at radius 1 is 1.41 bits per heavy atom. The maximum absolute atomic E-state index is 11.6. The molecule has 0 aliphatic carbocycles. The number of rotatable bonds is 4. The Bertz CT molecular complexity index is 370. The summed E-state index contributed by atoms with van der Waals surface area (Å²) in [5.41, 5.74) is 0.758. The van der Waals surface area contributed by atoms with E-state index in [1.165, 1.54) is 0 Å². The van der Waals surface area contributed by atoms with Crippen LogP contribution in [-0.2, 0) is 4.79 Å². The van der Waals surface area contributed by atoms with Crippen molar-refractivity contribution in [3.8, 4) is 0 Å². The molecule has 0 atom stereocenters. The molecule has 1 amide bonds.